The molecule has 2 N–H and O–H groups in total. The van der Waals surface area contributed by atoms with Crippen LogP contribution in [0.25, 0.3) is 0 Å². The molecule has 4 heteroatoms. The Bertz CT molecular complexity index is 367. The monoisotopic (exact) mass is 210 g/mol. The van der Waals surface area contributed by atoms with Gasteiger partial charge in [-0.2, -0.15) is 0 Å². The fraction of sp³-hybridized carbons (Fsp3) is 0.300. The maximum absolute atomic E-state index is 10.7. The summed E-state index contributed by atoms with van der Waals surface area (Å²) in [5, 5.41) is 7.05. The van der Waals surface area contributed by atoms with Crippen LogP contribution in [0, 0.1) is 0 Å². The van der Waals surface area contributed by atoms with Crippen LogP contribution in [0.15, 0.2) is 18.2 Å². The van der Waals surface area contributed by atoms with Crippen molar-refractivity contribution in [1.29, 1.82) is 0 Å². The normalized spacial score (nSPS) is 24.4. The maximum Gasteiger partial charge on any atom is 0.144 e. The van der Waals surface area contributed by atoms with E-state index in [0.29, 0.717) is 5.02 Å². The largest absolute Gasteiger partial charge is 0.378 e. The lowest BCUT2D eigenvalue weighted by Gasteiger charge is -2.30. The van der Waals surface area contributed by atoms with Crippen LogP contribution in [0.4, 0.5) is 11.4 Å². The highest BCUT2D eigenvalue weighted by atomic mass is 35.5. The van der Waals surface area contributed by atoms with E-state index < -0.39 is 0 Å². The number of hydrogen-bond acceptors (Lipinski definition) is 3. The van der Waals surface area contributed by atoms with Gasteiger partial charge in [-0.25, -0.2) is 0 Å². The SMILES string of the molecule is CC1Nc2cc(Cl)ccc2NC1C=O. The molecule has 1 aromatic rings. The zero-order valence-electron chi connectivity index (χ0n) is 7.75. The van der Waals surface area contributed by atoms with Crippen LogP contribution in [0.2, 0.25) is 5.02 Å². The van der Waals surface area contributed by atoms with Crippen molar-refractivity contribution in [2.45, 2.75) is 19.0 Å². The molecule has 0 aromatic heterocycles. The first-order valence-electron chi connectivity index (χ1n) is 4.48. The van der Waals surface area contributed by atoms with Gasteiger partial charge in [0.25, 0.3) is 0 Å². The Kier molecular flexibility index (Phi) is 2.33. The third-order valence-electron chi connectivity index (χ3n) is 2.37. The van der Waals surface area contributed by atoms with Crippen molar-refractivity contribution in [1.82, 2.24) is 0 Å². The minimum atomic E-state index is -0.177. The van der Waals surface area contributed by atoms with Crippen molar-refractivity contribution in [2.75, 3.05) is 10.6 Å². The summed E-state index contributed by atoms with van der Waals surface area (Å²) in [6.45, 7) is 1.95. The van der Waals surface area contributed by atoms with E-state index in [0.717, 1.165) is 17.7 Å². The quantitative estimate of drug-likeness (QED) is 0.698. The summed E-state index contributed by atoms with van der Waals surface area (Å²) in [6, 6.07) is 5.42. The molecule has 2 atom stereocenters. The van der Waals surface area contributed by atoms with Crippen LogP contribution in [-0.2, 0) is 4.79 Å². The van der Waals surface area contributed by atoms with Crippen LogP contribution in [0.5, 0.6) is 0 Å². The second-order valence-corrected chi connectivity index (χ2v) is 3.87. The first kappa shape index (κ1) is 9.34. The molecule has 0 amide bonds. The van der Waals surface area contributed by atoms with Gasteiger partial charge < -0.3 is 15.4 Å². The van der Waals surface area contributed by atoms with Gasteiger partial charge in [-0.15, -0.1) is 0 Å². The van der Waals surface area contributed by atoms with Gasteiger partial charge in [0.1, 0.15) is 12.3 Å². The standard InChI is InChI=1S/C10H11ClN2O/c1-6-10(5-14)13-8-3-2-7(11)4-9(8)12-6/h2-6,10,12-13H,1H3. The molecule has 0 bridgehead atoms. The summed E-state index contributed by atoms with van der Waals surface area (Å²) >= 11 is 5.86. The lowest BCUT2D eigenvalue weighted by molar-refractivity contribution is -0.108. The molecular weight excluding hydrogens is 200 g/mol. The van der Waals surface area contributed by atoms with Gasteiger partial charge in [0.15, 0.2) is 0 Å². The molecule has 74 valence electrons. The average Bonchev–Trinajstić information content (AvgIpc) is 2.16. The minimum Gasteiger partial charge on any atom is -0.378 e. The summed E-state index contributed by atoms with van der Waals surface area (Å²) in [7, 11) is 0. The van der Waals surface area contributed by atoms with Crippen molar-refractivity contribution in [2.24, 2.45) is 0 Å². The molecule has 0 saturated carbocycles. The number of halogens is 1. The minimum absolute atomic E-state index is 0.0819. The third-order valence-corrected chi connectivity index (χ3v) is 2.61. The second kappa shape index (κ2) is 3.50. The number of hydrogen-bond donors (Lipinski definition) is 2. The zero-order chi connectivity index (χ0) is 10.1. The molecule has 1 heterocycles. The average molecular weight is 211 g/mol. The van der Waals surface area contributed by atoms with E-state index in [1.165, 1.54) is 0 Å². The summed E-state index contributed by atoms with van der Waals surface area (Å²) in [6.07, 6.45) is 0.912. The molecule has 2 unspecified atom stereocenters. The highest BCUT2D eigenvalue weighted by Gasteiger charge is 2.23. The van der Waals surface area contributed by atoms with Gasteiger partial charge >= 0.3 is 0 Å². The van der Waals surface area contributed by atoms with Crippen LogP contribution in [-0.4, -0.2) is 18.4 Å². The van der Waals surface area contributed by atoms with Gasteiger partial charge in [0, 0.05) is 5.02 Å². The fourth-order valence-electron chi connectivity index (χ4n) is 1.55. The van der Waals surface area contributed by atoms with Crippen LogP contribution < -0.4 is 10.6 Å². The zero-order valence-corrected chi connectivity index (χ0v) is 8.51. The molecule has 2 rings (SSSR count). The molecule has 1 aromatic carbocycles. The van der Waals surface area contributed by atoms with Crippen LogP contribution in [0.1, 0.15) is 6.92 Å². The molecule has 1 aliphatic rings. The Morgan fingerprint density at radius 2 is 2.14 bits per heavy atom. The van der Waals surface area contributed by atoms with Crippen molar-refractivity contribution >= 4 is 29.3 Å². The number of anilines is 2. The Morgan fingerprint density at radius 1 is 1.36 bits per heavy atom. The highest BCUT2D eigenvalue weighted by molar-refractivity contribution is 6.31. The topological polar surface area (TPSA) is 41.1 Å². The highest BCUT2D eigenvalue weighted by Crippen LogP contribution is 2.30. The Labute approximate surface area is 87.4 Å². The van der Waals surface area contributed by atoms with E-state index in [2.05, 4.69) is 10.6 Å². The predicted octanol–water partition coefficient (Wildman–Crippen LogP) is 2.13. The number of fused-ring (bicyclic) bond motifs is 1. The summed E-state index contributed by atoms with van der Waals surface area (Å²) < 4.78 is 0. The van der Waals surface area contributed by atoms with E-state index in [1.54, 1.807) is 6.07 Å². The van der Waals surface area contributed by atoms with Crippen LogP contribution >= 0.6 is 11.6 Å². The van der Waals surface area contributed by atoms with E-state index >= 15 is 0 Å². The second-order valence-electron chi connectivity index (χ2n) is 3.43. The summed E-state index contributed by atoms with van der Waals surface area (Å²) in [5.41, 5.74) is 1.87. The van der Waals surface area contributed by atoms with Crippen LogP contribution in [0.3, 0.4) is 0 Å². The van der Waals surface area contributed by atoms with Crippen molar-refractivity contribution < 1.29 is 4.79 Å². The van der Waals surface area contributed by atoms with Crippen molar-refractivity contribution in [3.8, 4) is 0 Å². The molecule has 0 fully saturated rings. The molecule has 3 nitrogen and oxygen atoms in total. The first-order chi connectivity index (χ1) is 6.70. The Morgan fingerprint density at radius 3 is 2.86 bits per heavy atom. The predicted molar refractivity (Wildman–Crippen MR) is 58.0 cm³/mol. The molecule has 0 spiro atoms. The third kappa shape index (κ3) is 1.55. The summed E-state index contributed by atoms with van der Waals surface area (Å²) in [5.74, 6) is 0. The van der Waals surface area contributed by atoms with Crippen molar-refractivity contribution in [3.05, 3.63) is 23.2 Å². The Balaban J connectivity index is 2.35. The number of benzene rings is 1. The van der Waals surface area contributed by atoms with Gasteiger partial charge in [0.2, 0.25) is 0 Å². The molecule has 1 aliphatic heterocycles. The van der Waals surface area contributed by atoms with Gasteiger partial charge in [0.05, 0.1) is 17.4 Å². The number of rotatable bonds is 1. The maximum atomic E-state index is 10.7. The lowest BCUT2D eigenvalue weighted by atomic mass is 10.1. The Hall–Kier alpha value is -1.22. The molecule has 0 aliphatic carbocycles. The first-order valence-corrected chi connectivity index (χ1v) is 4.86. The molecule has 0 saturated heterocycles. The number of nitrogens with one attached hydrogen (secondary N) is 2. The molecular formula is C10H11ClN2O. The smallest absolute Gasteiger partial charge is 0.144 e. The number of carbonyl (C=O) groups is 1. The fourth-order valence-corrected chi connectivity index (χ4v) is 1.73. The molecule has 14 heavy (non-hydrogen) atoms. The number of aldehydes is 1. The molecule has 0 radical (unpaired) electrons. The summed E-state index contributed by atoms with van der Waals surface area (Å²) in [4.78, 5) is 10.7. The lowest BCUT2D eigenvalue weighted by Crippen LogP contribution is -2.42. The number of carbonyl (C=O) groups excluding carboxylic acids is 1. The van der Waals surface area contributed by atoms with Crippen molar-refractivity contribution in [3.63, 3.8) is 0 Å². The van der Waals surface area contributed by atoms with E-state index in [4.69, 9.17) is 11.6 Å². The van der Waals surface area contributed by atoms with E-state index in [-0.39, 0.29) is 12.1 Å². The van der Waals surface area contributed by atoms with E-state index in [9.17, 15) is 4.79 Å². The van der Waals surface area contributed by atoms with Gasteiger partial charge in [-0.05, 0) is 25.1 Å². The van der Waals surface area contributed by atoms with Gasteiger partial charge in [-0.3, -0.25) is 0 Å². The van der Waals surface area contributed by atoms with E-state index in [1.807, 2.05) is 19.1 Å². The van der Waals surface area contributed by atoms with Gasteiger partial charge in [-0.1, -0.05) is 11.6 Å².